The maximum Gasteiger partial charge on any atom is 0.315 e. The highest BCUT2D eigenvalue weighted by atomic mass is 16.2. The summed E-state index contributed by atoms with van der Waals surface area (Å²) in [6, 6.07) is 4.80. The molecule has 0 bridgehead atoms. The van der Waals surface area contributed by atoms with E-state index in [4.69, 9.17) is 0 Å². The third kappa shape index (κ3) is 4.53. The smallest absolute Gasteiger partial charge is 0.315 e. The van der Waals surface area contributed by atoms with Crippen LogP contribution >= 0.6 is 0 Å². The second kappa shape index (κ2) is 6.74. The van der Waals surface area contributed by atoms with Gasteiger partial charge in [-0.2, -0.15) is 0 Å². The van der Waals surface area contributed by atoms with Crippen molar-refractivity contribution in [2.24, 2.45) is 5.92 Å². The Morgan fingerprint density at radius 1 is 1.44 bits per heavy atom. The lowest BCUT2D eigenvalue weighted by Gasteiger charge is -2.16. The first-order valence-electron chi connectivity index (χ1n) is 5.95. The molecule has 1 heterocycles. The largest absolute Gasteiger partial charge is 0.332 e. The van der Waals surface area contributed by atoms with Crippen LogP contribution in [0.1, 0.15) is 25.2 Å². The van der Waals surface area contributed by atoms with E-state index in [1.165, 1.54) is 0 Å². The van der Waals surface area contributed by atoms with Crippen LogP contribution in [0.25, 0.3) is 0 Å². The number of pyridine rings is 1. The van der Waals surface area contributed by atoms with Gasteiger partial charge in [0.2, 0.25) is 0 Å². The molecule has 1 aromatic rings. The molecule has 98 valence electrons. The molecule has 1 atom stereocenters. The van der Waals surface area contributed by atoms with E-state index >= 15 is 0 Å². The first-order valence-corrected chi connectivity index (χ1v) is 5.95. The van der Waals surface area contributed by atoms with Gasteiger partial charge in [-0.15, -0.1) is 0 Å². The molecule has 0 aliphatic rings. The molecular weight excluding hydrogens is 230 g/mol. The zero-order chi connectivity index (χ0) is 13.5. The third-order valence-corrected chi connectivity index (χ3v) is 2.54. The summed E-state index contributed by atoms with van der Waals surface area (Å²) in [6.07, 6.45) is 0.745. The minimum absolute atomic E-state index is 0.0744. The van der Waals surface area contributed by atoms with E-state index in [-0.39, 0.29) is 11.9 Å². The Kier molecular flexibility index (Phi) is 5.30. The van der Waals surface area contributed by atoms with Gasteiger partial charge in [-0.25, -0.2) is 4.79 Å². The van der Waals surface area contributed by atoms with Crippen LogP contribution in [0.5, 0.6) is 0 Å². The number of carbonyl (C=O) groups is 2. The van der Waals surface area contributed by atoms with Crippen LogP contribution in [-0.2, 0) is 11.3 Å². The molecule has 5 nitrogen and oxygen atoms in total. The number of nitrogens with one attached hydrogen (secondary N) is 2. The zero-order valence-electron chi connectivity index (χ0n) is 10.9. The highest BCUT2D eigenvalue weighted by Gasteiger charge is 2.14. The van der Waals surface area contributed by atoms with Crippen LogP contribution < -0.4 is 10.6 Å². The van der Waals surface area contributed by atoms with Gasteiger partial charge in [-0.3, -0.25) is 4.98 Å². The number of urea groups is 1. The van der Waals surface area contributed by atoms with Gasteiger partial charge in [0, 0.05) is 5.69 Å². The number of hydrogen-bond donors (Lipinski definition) is 2. The molecular formula is C13H19N3O2. The number of aromatic nitrogens is 1. The van der Waals surface area contributed by atoms with Crippen LogP contribution in [0.2, 0.25) is 0 Å². The van der Waals surface area contributed by atoms with Crippen molar-refractivity contribution in [2.45, 2.75) is 33.4 Å². The normalized spacial score (nSPS) is 12.0. The number of hydrogen-bond acceptors (Lipinski definition) is 3. The lowest BCUT2D eigenvalue weighted by atomic mass is 10.1. The monoisotopic (exact) mass is 249 g/mol. The second-order valence-corrected chi connectivity index (χ2v) is 4.50. The molecule has 0 fully saturated rings. The van der Waals surface area contributed by atoms with Crippen molar-refractivity contribution in [1.82, 2.24) is 15.6 Å². The summed E-state index contributed by atoms with van der Waals surface area (Å²) < 4.78 is 0. The molecule has 2 N–H and O–H groups in total. The maximum atomic E-state index is 11.6. The van der Waals surface area contributed by atoms with Crippen LogP contribution in [-0.4, -0.2) is 23.3 Å². The second-order valence-electron chi connectivity index (χ2n) is 4.50. The number of amides is 2. The molecule has 0 aromatic carbocycles. The first kappa shape index (κ1) is 14.2. The van der Waals surface area contributed by atoms with Crippen molar-refractivity contribution in [3.05, 3.63) is 29.6 Å². The van der Waals surface area contributed by atoms with Crippen LogP contribution in [0, 0.1) is 12.8 Å². The van der Waals surface area contributed by atoms with Gasteiger partial charge in [0.1, 0.15) is 6.29 Å². The fraction of sp³-hybridized carbons (Fsp3) is 0.462. The summed E-state index contributed by atoms with van der Waals surface area (Å²) in [5.74, 6) is 0.0744. The standard InChI is InChI=1S/C13H19N3O2/c1-9(2)12(8-17)16-13(18)14-7-11-6-4-5-10(3)15-11/h4-6,8-9,12H,7H2,1-3H3,(H2,14,16,18). The molecule has 0 aliphatic heterocycles. The minimum atomic E-state index is -0.463. The fourth-order valence-corrected chi connectivity index (χ4v) is 1.43. The molecule has 0 radical (unpaired) electrons. The van der Waals surface area contributed by atoms with Crippen molar-refractivity contribution in [1.29, 1.82) is 0 Å². The predicted octanol–water partition coefficient (Wildman–Crippen LogP) is 1.41. The van der Waals surface area contributed by atoms with E-state index in [9.17, 15) is 9.59 Å². The number of rotatable bonds is 5. The van der Waals surface area contributed by atoms with Crippen molar-refractivity contribution in [3.8, 4) is 0 Å². The van der Waals surface area contributed by atoms with Gasteiger partial charge in [0.05, 0.1) is 18.3 Å². The summed E-state index contributed by atoms with van der Waals surface area (Å²) in [4.78, 5) is 26.6. The van der Waals surface area contributed by atoms with Crippen LogP contribution in [0.4, 0.5) is 4.79 Å². The van der Waals surface area contributed by atoms with Crippen molar-refractivity contribution in [3.63, 3.8) is 0 Å². The highest BCUT2D eigenvalue weighted by Crippen LogP contribution is 1.99. The van der Waals surface area contributed by atoms with E-state index in [0.29, 0.717) is 6.54 Å². The van der Waals surface area contributed by atoms with E-state index in [2.05, 4.69) is 15.6 Å². The molecule has 18 heavy (non-hydrogen) atoms. The fourth-order valence-electron chi connectivity index (χ4n) is 1.43. The Labute approximate surface area is 107 Å². The molecule has 5 heteroatoms. The summed E-state index contributed by atoms with van der Waals surface area (Å²) in [7, 11) is 0. The van der Waals surface area contributed by atoms with Gasteiger partial charge in [0.15, 0.2) is 0 Å². The van der Waals surface area contributed by atoms with Gasteiger partial charge >= 0.3 is 6.03 Å². The van der Waals surface area contributed by atoms with Gasteiger partial charge < -0.3 is 15.4 Å². The molecule has 0 spiro atoms. The SMILES string of the molecule is Cc1cccc(CNC(=O)NC(C=O)C(C)C)n1. The minimum Gasteiger partial charge on any atom is -0.332 e. The lowest BCUT2D eigenvalue weighted by Crippen LogP contribution is -2.45. The average Bonchev–Trinajstić information content (AvgIpc) is 2.33. The molecule has 1 unspecified atom stereocenters. The predicted molar refractivity (Wildman–Crippen MR) is 69.0 cm³/mol. The Hall–Kier alpha value is -1.91. The van der Waals surface area contributed by atoms with Gasteiger partial charge in [-0.05, 0) is 25.0 Å². The Morgan fingerprint density at radius 2 is 2.17 bits per heavy atom. The highest BCUT2D eigenvalue weighted by molar-refractivity contribution is 5.77. The van der Waals surface area contributed by atoms with E-state index in [1.54, 1.807) is 0 Å². The van der Waals surface area contributed by atoms with Gasteiger partial charge in [0.25, 0.3) is 0 Å². The molecule has 0 saturated carbocycles. The molecule has 0 aliphatic carbocycles. The summed E-state index contributed by atoms with van der Waals surface area (Å²) in [5, 5.41) is 5.28. The average molecular weight is 249 g/mol. The molecule has 1 aromatic heterocycles. The molecule has 0 saturated heterocycles. The zero-order valence-corrected chi connectivity index (χ0v) is 10.9. The number of aryl methyl sites for hydroxylation is 1. The molecule has 2 amide bonds. The summed E-state index contributed by atoms with van der Waals surface area (Å²) >= 11 is 0. The van der Waals surface area contributed by atoms with Gasteiger partial charge in [-0.1, -0.05) is 19.9 Å². The van der Waals surface area contributed by atoms with Crippen LogP contribution in [0.15, 0.2) is 18.2 Å². The van der Waals surface area contributed by atoms with Crippen LogP contribution in [0.3, 0.4) is 0 Å². The van der Waals surface area contributed by atoms with E-state index in [0.717, 1.165) is 17.7 Å². The summed E-state index contributed by atoms with van der Waals surface area (Å²) in [6.45, 7) is 5.99. The summed E-state index contributed by atoms with van der Waals surface area (Å²) in [5.41, 5.74) is 1.69. The third-order valence-electron chi connectivity index (χ3n) is 2.54. The van der Waals surface area contributed by atoms with Crippen molar-refractivity contribution >= 4 is 12.3 Å². The Bertz CT molecular complexity index is 418. The topological polar surface area (TPSA) is 71.1 Å². The maximum absolute atomic E-state index is 11.6. The lowest BCUT2D eigenvalue weighted by molar-refractivity contribution is -0.110. The van der Waals surface area contributed by atoms with E-state index in [1.807, 2.05) is 39.0 Å². The Morgan fingerprint density at radius 3 is 2.72 bits per heavy atom. The van der Waals surface area contributed by atoms with Crippen molar-refractivity contribution in [2.75, 3.05) is 0 Å². The number of aldehydes is 1. The number of carbonyl (C=O) groups excluding carboxylic acids is 2. The van der Waals surface area contributed by atoms with Crippen molar-refractivity contribution < 1.29 is 9.59 Å². The number of nitrogens with zero attached hydrogens (tertiary/aromatic N) is 1. The molecule has 1 rings (SSSR count). The first-order chi connectivity index (χ1) is 8.52. The van der Waals surface area contributed by atoms with E-state index < -0.39 is 6.04 Å². The Balaban J connectivity index is 2.44. The quantitative estimate of drug-likeness (QED) is 0.775.